The van der Waals surface area contributed by atoms with E-state index in [1.807, 2.05) is 60.7 Å². The van der Waals surface area contributed by atoms with Crippen molar-refractivity contribution in [3.8, 4) is 0 Å². The second kappa shape index (κ2) is 5.43. The van der Waals surface area contributed by atoms with E-state index in [0.29, 0.717) is 6.42 Å². The van der Waals surface area contributed by atoms with E-state index in [4.69, 9.17) is 0 Å². The Morgan fingerprint density at radius 1 is 1.05 bits per heavy atom. The van der Waals surface area contributed by atoms with Crippen LogP contribution in [0.15, 0.2) is 60.7 Å². The van der Waals surface area contributed by atoms with Gasteiger partial charge in [0.15, 0.2) is 5.78 Å². The number of benzene rings is 2. The van der Waals surface area contributed by atoms with Gasteiger partial charge < -0.3 is 5.11 Å². The molecule has 0 radical (unpaired) electrons. The van der Waals surface area contributed by atoms with Gasteiger partial charge >= 0.3 is 0 Å². The molecule has 20 heavy (non-hydrogen) atoms. The van der Waals surface area contributed by atoms with Crippen molar-refractivity contribution in [3.05, 3.63) is 77.4 Å². The van der Waals surface area contributed by atoms with E-state index >= 15 is 0 Å². The smallest absolute Gasteiger partial charge is 0.169 e. The number of hydrogen-bond acceptors (Lipinski definition) is 2. The summed E-state index contributed by atoms with van der Waals surface area (Å²) in [6, 6.07) is 17.4. The Balaban J connectivity index is 1.75. The molecule has 1 aliphatic carbocycles. The summed E-state index contributed by atoms with van der Waals surface area (Å²) in [4.78, 5) is 12.3. The lowest BCUT2D eigenvalue weighted by molar-refractivity contribution is 0.0808. The maximum absolute atomic E-state index is 12.3. The molecule has 0 saturated carbocycles. The zero-order valence-corrected chi connectivity index (χ0v) is 11.1. The number of carbonyl (C=O) groups is 1. The number of Topliss-reactive ketones (excluding diaryl/α,β-unsaturated/α-hetero) is 1. The molecule has 2 nitrogen and oxygen atoms in total. The van der Waals surface area contributed by atoms with Gasteiger partial charge in [-0.05, 0) is 17.5 Å². The molecule has 0 heterocycles. The van der Waals surface area contributed by atoms with Gasteiger partial charge in [0, 0.05) is 5.56 Å². The summed E-state index contributed by atoms with van der Waals surface area (Å²) < 4.78 is 0. The van der Waals surface area contributed by atoms with Crippen LogP contribution < -0.4 is 0 Å². The fourth-order valence-corrected chi connectivity index (χ4v) is 2.65. The van der Waals surface area contributed by atoms with Gasteiger partial charge in [0.1, 0.15) is 0 Å². The fourth-order valence-electron chi connectivity index (χ4n) is 2.65. The molecular weight excluding hydrogens is 248 g/mol. The van der Waals surface area contributed by atoms with Crippen molar-refractivity contribution in [3.63, 3.8) is 0 Å². The molecule has 2 aromatic carbocycles. The zero-order valence-electron chi connectivity index (χ0n) is 11.1. The van der Waals surface area contributed by atoms with E-state index in [2.05, 4.69) is 0 Å². The minimum atomic E-state index is -0.741. The maximum Gasteiger partial charge on any atom is 0.169 e. The summed E-state index contributed by atoms with van der Waals surface area (Å²) in [6.07, 6.45) is 3.45. The number of rotatable bonds is 3. The predicted molar refractivity (Wildman–Crippen MR) is 79.4 cm³/mol. The Morgan fingerprint density at radius 2 is 1.75 bits per heavy atom. The van der Waals surface area contributed by atoms with Crippen molar-refractivity contribution in [2.24, 2.45) is 5.92 Å². The SMILES string of the molecule is O=C1c2ccccc2C[C@@H]1[C@@H](O)/C=C/c1ccccc1. The number of ketones is 1. The second-order valence-corrected chi connectivity index (χ2v) is 5.09. The van der Waals surface area contributed by atoms with Crippen LogP contribution in [0.2, 0.25) is 0 Å². The lowest BCUT2D eigenvalue weighted by Gasteiger charge is -2.12. The number of hydrogen-bond donors (Lipinski definition) is 1. The highest BCUT2D eigenvalue weighted by atomic mass is 16.3. The Morgan fingerprint density at radius 3 is 2.50 bits per heavy atom. The summed E-state index contributed by atoms with van der Waals surface area (Å²) in [6.45, 7) is 0. The van der Waals surface area contributed by atoms with Gasteiger partial charge in [-0.1, -0.05) is 66.7 Å². The average molecular weight is 264 g/mol. The summed E-state index contributed by atoms with van der Waals surface area (Å²) in [5.74, 6) is -0.307. The van der Waals surface area contributed by atoms with E-state index in [1.165, 1.54) is 0 Å². The highest BCUT2D eigenvalue weighted by Gasteiger charge is 2.33. The van der Waals surface area contributed by atoms with E-state index in [9.17, 15) is 9.90 Å². The first kappa shape index (κ1) is 12.8. The monoisotopic (exact) mass is 264 g/mol. The third-order valence-corrected chi connectivity index (χ3v) is 3.76. The van der Waals surface area contributed by atoms with Crippen LogP contribution in [-0.4, -0.2) is 17.0 Å². The lowest BCUT2D eigenvalue weighted by atomic mass is 9.97. The largest absolute Gasteiger partial charge is 0.388 e. The Hall–Kier alpha value is -2.19. The molecule has 0 spiro atoms. The Bertz CT molecular complexity index is 643. The van der Waals surface area contributed by atoms with Gasteiger partial charge in [-0.3, -0.25) is 4.79 Å². The molecule has 2 atom stereocenters. The molecule has 0 bridgehead atoms. The van der Waals surface area contributed by atoms with Crippen LogP contribution in [-0.2, 0) is 6.42 Å². The molecule has 3 rings (SSSR count). The molecule has 0 aliphatic heterocycles. The Kier molecular flexibility index (Phi) is 3.48. The number of fused-ring (bicyclic) bond motifs is 1. The van der Waals surface area contributed by atoms with Gasteiger partial charge in [0.05, 0.1) is 12.0 Å². The third kappa shape index (κ3) is 2.43. The molecule has 0 fully saturated rings. The van der Waals surface area contributed by atoms with Gasteiger partial charge in [-0.2, -0.15) is 0 Å². The molecule has 2 aromatic rings. The van der Waals surface area contributed by atoms with Crippen LogP contribution in [0, 0.1) is 5.92 Å². The van der Waals surface area contributed by atoms with E-state index < -0.39 is 6.10 Å². The first-order valence-electron chi connectivity index (χ1n) is 6.79. The van der Waals surface area contributed by atoms with Gasteiger partial charge in [0.2, 0.25) is 0 Å². The molecule has 0 unspecified atom stereocenters. The third-order valence-electron chi connectivity index (χ3n) is 3.76. The standard InChI is InChI=1S/C18H16O2/c19-17(11-10-13-6-2-1-3-7-13)16-12-14-8-4-5-9-15(14)18(16)20/h1-11,16-17,19H,12H2/b11-10+/t16-,17+/m1/s1. The molecule has 2 heteroatoms. The summed E-state index contributed by atoms with van der Waals surface area (Å²) in [5, 5.41) is 10.2. The van der Waals surface area contributed by atoms with Crippen molar-refractivity contribution < 1.29 is 9.90 Å². The van der Waals surface area contributed by atoms with Crippen LogP contribution in [0.25, 0.3) is 6.08 Å². The van der Waals surface area contributed by atoms with E-state index in [-0.39, 0.29) is 11.7 Å². The molecule has 1 N–H and O–H groups in total. The molecule has 0 saturated heterocycles. The summed E-state index contributed by atoms with van der Waals surface area (Å²) >= 11 is 0. The highest BCUT2D eigenvalue weighted by molar-refractivity contribution is 6.02. The van der Waals surface area contributed by atoms with Crippen LogP contribution in [0.5, 0.6) is 0 Å². The minimum Gasteiger partial charge on any atom is -0.388 e. The zero-order chi connectivity index (χ0) is 13.9. The summed E-state index contributed by atoms with van der Waals surface area (Å²) in [7, 11) is 0. The van der Waals surface area contributed by atoms with Crippen LogP contribution >= 0.6 is 0 Å². The van der Waals surface area contributed by atoms with Crippen molar-refractivity contribution in [1.29, 1.82) is 0 Å². The highest BCUT2D eigenvalue weighted by Crippen LogP contribution is 2.29. The van der Waals surface area contributed by atoms with E-state index in [0.717, 1.165) is 16.7 Å². The maximum atomic E-state index is 12.3. The molecular formula is C18H16O2. The molecule has 1 aliphatic rings. The van der Waals surface area contributed by atoms with Gasteiger partial charge in [-0.15, -0.1) is 0 Å². The normalized spacial score (nSPS) is 19.2. The van der Waals surface area contributed by atoms with Crippen LogP contribution in [0.1, 0.15) is 21.5 Å². The van der Waals surface area contributed by atoms with Crippen LogP contribution in [0.4, 0.5) is 0 Å². The first-order chi connectivity index (χ1) is 9.75. The molecule has 100 valence electrons. The Labute approximate surface area is 118 Å². The van der Waals surface area contributed by atoms with Gasteiger partial charge in [0.25, 0.3) is 0 Å². The lowest BCUT2D eigenvalue weighted by Crippen LogP contribution is -2.23. The predicted octanol–water partition coefficient (Wildman–Crippen LogP) is 3.12. The van der Waals surface area contributed by atoms with E-state index in [1.54, 1.807) is 6.08 Å². The molecule has 0 amide bonds. The van der Waals surface area contributed by atoms with Gasteiger partial charge in [-0.25, -0.2) is 0 Å². The van der Waals surface area contributed by atoms with Crippen LogP contribution in [0.3, 0.4) is 0 Å². The van der Waals surface area contributed by atoms with Crippen molar-refractivity contribution in [1.82, 2.24) is 0 Å². The quantitative estimate of drug-likeness (QED) is 0.924. The average Bonchev–Trinajstić information content (AvgIpc) is 2.84. The second-order valence-electron chi connectivity index (χ2n) is 5.09. The minimum absolute atomic E-state index is 0.0470. The number of aliphatic hydroxyl groups excluding tert-OH is 1. The molecule has 0 aromatic heterocycles. The fraction of sp³-hybridized carbons (Fsp3) is 0.167. The number of aliphatic hydroxyl groups is 1. The van der Waals surface area contributed by atoms with Crippen molar-refractivity contribution in [2.45, 2.75) is 12.5 Å². The van der Waals surface area contributed by atoms with Crippen molar-refractivity contribution >= 4 is 11.9 Å². The van der Waals surface area contributed by atoms with Crippen molar-refractivity contribution in [2.75, 3.05) is 0 Å². The first-order valence-corrected chi connectivity index (χ1v) is 6.79. The number of carbonyl (C=O) groups excluding carboxylic acids is 1. The topological polar surface area (TPSA) is 37.3 Å². The summed E-state index contributed by atoms with van der Waals surface area (Å²) in [5.41, 5.74) is 2.81.